The predicted molar refractivity (Wildman–Crippen MR) is 67.2 cm³/mol. The van der Waals surface area contributed by atoms with Gasteiger partial charge in [-0.15, -0.1) is 12.4 Å². The fourth-order valence-corrected chi connectivity index (χ4v) is 1.68. The molecular weight excluding hydrogens is 242 g/mol. The highest BCUT2D eigenvalue weighted by Gasteiger charge is 2.18. The van der Waals surface area contributed by atoms with Crippen LogP contribution in [-0.2, 0) is 4.74 Å². The van der Waals surface area contributed by atoms with Gasteiger partial charge in [0.05, 0.1) is 6.61 Å². The highest BCUT2D eigenvalue weighted by molar-refractivity contribution is 5.92. The molecular formula is C11H16ClN3O2. The Labute approximate surface area is 106 Å². The third-order valence-electron chi connectivity index (χ3n) is 2.50. The normalized spacial score (nSPS) is 15.9. The summed E-state index contributed by atoms with van der Waals surface area (Å²) in [6.07, 6.45) is 0.869. The molecule has 0 bridgehead atoms. The van der Waals surface area contributed by atoms with Gasteiger partial charge in [-0.1, -0.05) is 6.07 Å². The molecule has 0 radical (unpaired) electrons. The Morgan fingerprint density at radius 2 is 2.18 bits per heavy atom. The smallest absolute Gasteiger partial charge is 0.272 e. The summed E-state index contributed by atoms with van der Waals surface area (Å²) in [6.45, 7) is 2.65. The number of pyridine rings is 1. The Kier molecular flexibility index (Phi) is 5.18. The minimum absolute atomic E-state index is 0. The zero-order chi connectivity index (χ0) is 11.4. The van der Waals surface area contributed by atoms with Gasteiger partial charge in [0.2, 0.25) is 0 Å². The second-order valence-corrected chi connectivity index (χ2v) is 3.71. The summed E-state index contributed by atoms with van der Waals surface area (Å²) in [5.41, 5.74) is 5.95. The van der Waals surface area contributed by atoms with E-state index in [0.717, 1.165) is 13.0 Å². The zero-order valence-electron chi connectivity index (χ0n) is 9.46. The maximum Gasteiger partial charge on any atom is 0.272 e. The first-order chi connectivity index (χ1) is 7.77. The number of anilines is 1. The molecule has 2 heterocycles. The lowest BCUT2D eigenvalue weighted by Crippen LogP contribution is -2.33. The molecule has 17 heavy (non-hydrogen) atoms. The van der Waals surface area contributed by atoms with E-state index in [2.05, 4.69) is 4.98 Å². The number of amides is 1. The molecule has 0 aromatic carbocycles. The van der Waals surface area contributed by atoms with Crippen molar-refractivity contribution < 1.29 is 9.53 Å². The van der Waals surface area contributed by atoms with Crippen LogP contribution in [0.2, 0.25) is 0 Å². The molecule has 1 aromatic heterocycles. The standard InChI is InChI=1S/C11H15N3O2.ClH/c12-10-4-1-3-9(13-10)11(15)14-5-2-7-16-8-6-14;/h1,3-4H,2,5-8H2,(H2,12,13);1H. The van der Waals surface area contributed by atoms with E-state index in [0.29, 0.717) is 31.3 Å². The van der Waals surface area contributed by atoms with Crippen molar-refractivity contribution >= 4 is 24.1 Å². The molecule has 0 atom stereocenters. The van der Waals surface area contributed by atoms with Crippen molar-refractivity contribution in [3.05, 3.63) is 23.9 Å². The second kappa shape index (κ2) is 6.42. The molecule has 0 aliphatic carbocycles. The quantitative estimate of drug-likeness (QED) is 0.813. The van der Waals surface area contributed by atoms with Crippen LogP contribution in [0.25, 0.3) is 0 Å². The Balaban J connectivity index is 0.00000144. The van der Waals surface area contributed by atoms with E-state index >= 15 is 0 Å². The molecule has 6 heteroatoms. The van der Waals surface area contributed by atoms with Gasteiger partial charge >= 0.3 is 0 Å². The maximum absolute atomic E-state index is 12.1. The monoisotopic (exact) mass is 257 g/mol. The summed E-state index contributed by atoms with van der Waals surface area (Å²) >= 11 is 0. The van der Waals surface area contributed by atoms with Gasteiger partial charge in [-0.3, -0.25) is 4.79 Å². The number of carbonyl (C=O) groups excluding carboxylic acids is 1. The lowest BCUT2D eigenvalue weighted by molar-refractivity contribution is 0.0735. The second-order valence-electron chi connectivity index (χ2n) is 3.71. The highest BCUT2D eigenvalue weighted by Crippen LogP contribution is 2.07. The maximum atomic E-state index is 12.1. The van der Waals surface area contributed by atoms with Gasteiger partial charge in [-0.2, -0.15) is 0 Å². The highest BCUT2D eigenvalue weighted by atomic mass is 35.5. The molecule has 1 aliphatic rings. The van der Waals surface area contributed by atoms with Gasteiger partial charge in [0.15, 0.2) is 0 Å². The van der Waals surface area contributed by atoms with Crippen molar-refractivity contribution in [1.29, 1.82) is 0 Å². The summed E-state index contributed by atoms with van der Waals surface area (Å²) in [4.78, 5) is 17.8. The van der Waals surface area contributed by atoms with E-state index < -0.39 is 0 Å². The number of hydrogen-bond donors (Lipinski definition) is 1. The molecule has 2 rings (SSSR count). The van der Waals surface area contributed by atoms with Crippen molar-refractivity contribution in [3.8, 4) is 0 Å². The number of nitrogen functional groups attached to an aromatic ring is 1. The molecule has 1 aromatic rings. The predicted octanol–water partition coefficient (Wildman–Crippen LogP) is 0.948. The van der Waals surface area contributed by atoms with Gasteiger partial charge in [-0.05, 0) is 18.6 Å². The molecule has 1 amide bonds. The van der Waals surface area contributed by atoms with E-state index in [1.54, 1.807) is 23.1 Å². The minimum Gasteiger partial charge on any atom is -0.384 e. The van der Waals surface area contributed by atoms with Crippen molar-refractivity contribution in [2.75, 3.05) is 32.0 Å². The lowest BCUT2D eigenvalue weighted by Gasteiger charge is -2.18. The summed E-state index contributed by atoms with van der Waals surface area (Å²) in [7, 11) is 0. The SMILES string of the molecule is Cl.Nc1cccc(C(=O)N2CCCOCC2)n1. The van der Waals surface area contributed by atoms with Crippen LogP contribution in [0.4, 0.5) is 5.82 Å². The van der Waals surface area contributed by atoms with E-state index in [1.807, 2.05) is 0 Å². The molecule has 0 spiro atoms. The number of rotatable bonds is 1. The van der Waals surface area contributed by atoms with E-state index in [1.165, 1.54) is 0 Å². The zero-order valence-corrected chi connectivity index (χ0v) is 10.3. The Hall–Kier alpha value is -1.33. The van der Waals surface area contributed by atoms with Crippen LogP contribution in [0, 0.1) is 0 Å². The van der Waals surface area contributed by atoms with E-state index in [-0.39, 0.29) is 18.3 Å². The number of halogens is 1. The third kappa shape index (κ3) is 3.57. The Morgan fingerprint density at radius 3 is 2.94 bits per heavy atom. The number of aromatic nitrogens is 1. The summed E-state index contributed by atoms with van der Waals surface area (Å²) in [5.74, 6) is 0.301. The number of nitrogens with zero attached hydrogens (tertiary/aromatic N) is 2. The third-order valence-corrected chi connectivity index (χ3v) is 2.50. The van der Waals surface area contributed by atoms with Crippen molar-refractivity contribution in [3.63, 3.8) is 0 Å². The lowest BCUT2D eigenvalue weighted by atomic mass is 10.3. The van der Waals surface area contributed by atoms with Gasteiger partial charge in [0.1, 0.15) is 11.5 Å². The van der Waals surface area contributed by atoms with Crippen LogP contribution in [0.1, 0.15) is 16.9 Å². The molecule has 0 saturated carbocycles. The molecule has 1 fully saturated rings. The largest absolute Gasteiger partial charge is 0.384 e. The summed E-state index contributed by atoms with van der Waals surface area (Å²) in [6, 6.07) is 5.09. The van der Waals surface area contributed by atoms with Crippen LogP contribution < -0.4 is 5.73 Å². The van der Waals surface area contributed by atoms with Crippen LogP contribution in [0.3, 0.4) is 0 Å². The average molecular weight is 258 g/mol. The Bertz CT molecular complexity index is 379. The van der Waals surface area contributed by atoms with Crippen LogP contribution in [-0.4, -0.2) is 42.1 Å². The summed E-state index contributed by atoms with van der Waals surface area (Å²) < 4.78 is 5.30. The first kappa shape index (κ1) is 13.7. The van der Waals surface area contributed by atoms with Crippen molar-refractivity contribution in [2.24, 2.45) is 0 Å². The fourth-order valence-electron chi connectivity index (χ4n) is 1.68. The van der Waals surface area contributed by atoms with E-state index in [9.17, 15) is 4.79 Å². The van der Waals surface area contributed by atoms with Gasteiger partial charge < -0.3 is 15.4 Å². The number of nitrogens with two attached hydrogens (primary N) is 1. The molecule has 0 unspecified atom stereocenters. The summed E-state index contributed by atoms with van der Waals surface area (Å²) in [5, 5.41) is 0. The van der Waals surface area contributed by atoms with E-state index in [4.69, 9.17) is 10.5 Å². The van der Waals surface area contributed by atoms with Gasteiger partial charge in [0, 0.05) is 19.7 Å². The molecule has 1 aliphatic heterocycles. The van der Waals surface area contributed by atoms with Gasteiger partial charge in [-0.25, -0.2) is 4.98 Å². The molecule has 5 nitrogen and oxygen atoms in total. The molecule has 1 saturated heterocycles. The first-order valence-corrected chi connectivity index (χ1v) is 5.37. The number of ether oxygens (including phenoxy) is 1. The molecule has 94 valence electrons. The molecule has 2 N–H and O–H groups in total. The fraction of sp³-hybridized carbons (Fsp3) is 0.455. The first-order valence-electron chi connectivity index (χ1n) is 5.37. The Morgan fingerprint density at radius 1 is 1.35 bits per heavy atom. The van der Waals surface area contributed by atoms with Crippen molar-refractivity contribution in [2.45, 2.75) is 6.42 Å². The van der Waals surface area contributed by atoms with Crippen molar-refractivity contribution in [1.82, 2.24) is 9.88 Å². The minimum atomic E-state index is -0.0715. The number of carbonyl (C=O) groups is 1. The topological polar surface area (TPSA) is 68.5 Å². The van der Waals surface area contributed by atoms with Crippen LogP contribution in [0.15, 0.2) is 18.2 Å². The average Bonchev–Trinajstić information content (AvgIpc) is 2.56. The van der Waals surface area contributed by atoms with Gasteiger partial charge in [0.25, 0.3) is 5.91 Å². The van der Waals surface area contributed by atoms with Crippen LogP contribution in [0.5, 0.6) is 0 Å². The van der Waals surface area contributed by atoms with Crippen LogP contribution >= 0.6 is 12.4 Å². The number of hydrogen-bond acceptors (Lipinski definition) is 4.